The Labute approximate surface area is 82.1 Å². The molecule has 1 aromatic rings. The number of hydrogen-bond donors (Lipinski definition) is 2. The average Bonchev–Trinajstić information content (AvgIpc) is 2.63. The van der Waals surface area contributed by atoms with Gasteiger partial charge in [0, 0.05) is 10.6 Å². The van der Waals surface area contributed by atoms with Gasteiger partial charge in [0.15, 0.2) is 0 Å². The van der Waals surface area contributed by atoms with Crippen molar-refractivity contribution >= 4 is 23.1 Å². The Kier molecular flexibility index (Phi) is 1.50. The van der Waals surface area contributed by atoms with Gasteiger partial charge in [0.25, 0.3) is 0 Å². The molecule has 3 rings (SSSR count). The third-order valence-corrected chi connectivity index (χ3v) is 3.67. The smallest absolute Gasteiger partial charge is 0.0935 e. The van der Waals surface area contributed by atoms with Crippen LogP contribution in [0, 0.1) is 0 Å². The predicted octanol–water partition coefficient (Wildman–Crippen LogP) is 2.52. The quantitative estimate of drug-likeness (QED) is 0.660. The first-order valence-electron chi connectivity index (χ1n) is 4.66. The van der Waals surface area contributed by atoms with E-state index in [0.717, 1.165) is 0 Å². The first kappa shape index (κ1) is 7.56. The summed E-state index contributed by atoms with van der Waals surface area (Å²) in [5.41, 5.74) is 4.04. The molecule has 0 bridgehead atoms. The third-order valence-electron chi connectivity index (χ3n) is 2.57. The van der Waals surface area contributed by atoms with Crippen LogP contribution >= 0.6 is 11.8 Å². The molecule has 0 amide bonds. The molecular formula is C10H12N2S. The lowest BCUT2D eigenvalue weighted by Gasteiger charge is -2.02. The van der Waals surface area contributed by atoms with Crippen molar-refractivity contribution in [2.45, 2.75) is 24.4 Å². The molecule has 2 nitrogen and oxygen atoms in total. The largest absolute Gasteiger partial charge is 0.364 e. The third kappa shape index (κ3) is 1.10. The van der Waals surface area contributed by atoms with E-state index in [9.17, 15) is 0 Å². The molecule has 1 unspecified atom stereocenters. The molecular weight excluding hydrogens is 180 g/mol. The Morgan fingerprint density at radius 2 is 2.08 bits per heavy atom. The summed E-state index contributed by atoms with van der Waals surface area (Å²) in [6, 6.07) is 4.57. The van der Waals surface area contributed by atoms with Gasteiger partial charge in [0.05, 0.1) is 17.5 Å². The van der Waals surface area contributed by atoms with Crippen molar-refractivity contribution in [1.29, 1.82) is 0 Å². The van der Waals surface area contributed by atoms with Crippen LogP contribution in [-0.2, 0) is 6.42 Å². The van der Waals surface area contributed by atoms with Gasteiger partial charge in [-0.25, -0.2) is 0 Å². The minimum Gasteiger partial charge on any atom is -0.364 e. The molecule has 0 radical (unpaired) electrons. The van der Waals surface area contributed by atoms with E-state index in [0.29, 0.717) is 6.17 Å². The fraction of sp³-hybridized carbons (Fsp3) is 0.400. The fourth-order valence-corrected chi connectivity index (χ4v) is 3.06. The maximum Gasteiger partial charge on any atom is 0.0935 e. The molecule has 68 valence electrons. The van der Waals surface area contributed by atoms with Crippen LogP contribution in [0.5, 0.6) is 0 Å². The maximum atomic E-state index is 3.41. The van der Waals surface area contributed by atoms with Crippen molar-refractivity contribution in [3.8, 4) is 0 Å². The molecule has 2 heterocycles. The normalized spacial score (nSPS) is 23.3. The van der Waals surface area contributed by atoms with Crippen LogP contribution in [0.15, 0.2) is 17.0 Å². The van der Waals surface area contributed by atoms with Gasteiger partial charge < -0.3 is 10.6 Å². The molecule has 13 heavy (non-hydrogen) atoms. The van der Waals surface area contributed by atoms with Crippen LogP contribution in [0.2, 0.25) is 0 Å². The van der Waals surface area contributed by atoms with E-state index in [4.69, 9.17) is 0 Å². The second-order valence-electron chi connectivity index (χ2n) is 3.61. The molecule has 0 saturated carbocycles. The molecule has 1 aromatic carbocycles. The van der Waals surface area contributed by atoms with E-state index in [1.807, 2.05) is 11.8 Å². The van der Waals surface area contributed by atoms with Crippen molar-refractivity contribution in [1.82, 2.24) is 0 Å². The van der Waals surface area contributed by atoms with Crippen molar-refractivity contribution in [2.24, 2.45) is 0 Å². The van der Waals surface area contributed by atoms with Gasteiger partial charge >= 0.3 is 0 Å². The zero-order valence-corrected chi connectivity index (χ0v) is 8.37. The van der Waals surface area contributed by atoms with Gasteiger partial charge in [-0.05, 0) is 31.0 Å². The second kappa shape index (κ2) is 2.58. The summed E-state index contributed by atoms with van der Waals surface area (Å²) in [7, 11) is 0. The molecule has 0 aromatic heterocycles. The summed E-state index contributed by atoms with van der Waals surface area (Å²) in [6.07, 6.45) is 1.60. The highest BCUT2D eigenvalue weighted by atomic mass is 32.2. The Bertz CT molecular complexity index is 329. The second-order valence-corrected chi connectivity index (χ2v) is 4.75. The molecule has 0 fully saturated rings. The molecule has 2 aliphatic heterocycles. The minimum atomic E-state index is 0.377. The van der Waals surface area contributed by atoms with Crippen LogP contribution in [0.4, 0.5) is 11.4 Å². The minimum absolute atomic E-state index is 0.377. The number of hydrogen-bond acceptors (Lipinski definition) is 3. The monoisotopic (exact) mass is 192 g/mol. The topological polar surface area (TPSA) is 24.1 Å². The van der Waals surface area contributed by atoms with Gasteiger partial charge in [0.2, 0.25) is 0 Å². The lowest BCUT2D eigenvalue weighted by molar-refractivity contribution is 0.955. The summed E-state index contributed by atoms with van der Waals surface area (Å²) in [5, 5.41) is 6.81. The summed E-state index contributed by atoms with van der Waals surface area (Å²) in [5.74, 6) is 1.24. The lowest BCUT2D eigenvalue weighted by atomic mass is 10.1. The van der Waals surface area contributed by atoms with Crippen molar-refractivity contribution < 1.29 is 0 Å². The fourth-order valence-electron chi connectivity index (χ4n) is 1.97. The number of anilines is 2. The summed E-state index contributed by atoms with van der Waals surface area (Å²) in [6.45, 7) is 2.14. The first-order valence-corrected chi connectivity index (χ1v) is 5.64. The van der Waals surface area contributed by atoms with Gasteiger partial charge in [-0.3, -0.25) is 0 Å². The number of nitrogens with one attached hydrogen (secondary N) is 2. The standard InChI is InChI=1S/C10H12N2S/c1-6-11-8-4-7-2-3-13-10(7)5-9(8)12-6/h4-6,11-12H,2-3H2,1H3. The zero-order chi connectivity index (χ0) is 8.84. The molecule has 0 aliphatic carbocycles. The van der Waals surface area contributed by atoms with Crippen molar-refractivity contribution in [3.63, 3.8) is 0 Å². The van der Waals surface area contributed by atoms with Crippen LogP contribution in [0.3, 0.4) is 0 Å². The highest BCUT2D eigenvalue weighted by Gasteiger charge is 2.20. The van der Waals surface area contributed by atoms with Crippen LogP contribution in [-0.4, -0.2) is 11.9 Å². The number of rotatable bonds is 0. The predicted molar refractivity (Wildman–Crippen MR) is 57.6 cm³/mol. The van der Waals surface area contributed by atoms with Crippen molar-refractivity contribution in [2.75, 3.05) is 16.4 Å². The Morgan fingerprint density at radius 1 is 1.31 bits per heavy atom. The number of thioether (sulfide) groups is 1. The van der Waals surface area contributed by atoms with E-state index < -0.39 is 0 Å². The number of benzene rings is 1. The highest BCUT2D eigenvalue weighted by Crippen LogP contribution is 2.39. The van der Waals surface area contributed by atoms with Crippen molar-refractivity contribution in [3.05, 3.63) is 17.7 Å². The molecule has 1 atom stereocenters. The number of aryl methyl sites for hydroxylation is 1. The van der Waals surface area contributed by atoms with Crippen LogP contribution < -0.4 is 10.6 Å². The van der Waals surface area contributed by atoms with Crippen LogP contribution in [0.1, 0.15) is 12.5 Å². The van der Waals surface area contributed by atoms with Gasteiger partial charge in [0.1, 0.15) is 0 Å². The SMILES string of the molecule is CC1Nc2cc3c(cc2N1)SCC3. The summed E-state index contributed by atoms with van der Waals surface area (Å²) < 4.78 is 0. The van der Waals surface area contributed by atoms with Gasteiger partial charge in [-0.1, -0.05) is 0 Å². The van der Waals surface area contributed by atoms with Gasteiger partial charge in [-0.2, -0.15) is 0 Å². The van der Waals surface area contributed by atoms with E-state index in [2.05, 4.69) is 29.7 Å². The molecule has 2 N–H and O–H groups in total. The average molecular weight is 192 g/mol. The molecule has 3 heteroatoms. The highest BCUT2D eigenvalue weighted by molar-refractivity contribution is 7.99. The van der Waals surface area contributed by atoms with E-state index >= 15 is 0 Å². The molecule has 2 aliphatic rings. The Balaban J connectivity index is 2.10. The molecule has 0 saturated heterocycles. The van der Waals surface area contributed by atoms with Gasteiger partial charge in [-0.15, -0.1) is 11.8 Å². The van der Waals surface area contributed by atoms with E-state index in [-0.39, 0.29) is 0 Å². The zero-order valence-electron chi connectivity index (χ0n) is 7.55. The van der Waals surface area contributed by atoms with E-state index in [1.165, 1.54) is 34.0 Å². The maximum absolute atomic E-state index is 3.41. The van der Waals surface area contributed by atoms with Crippen LogP contribution in [0.25, 0.3) is 0 Å². The number of fused-ring (bicyclic) bond motifs is 2. The lowest BCUT2D eigenvalue weighted by Crippen LogP contribution is -2.16. The summed E-state index contributed by atoms with van der Waals surface area (Å²) >= 11 is 1.97. The summed E-state index contributed by atoms with van der Waals surface area (Å²) in [4.78, 5) is 1.46. The van der Waals surface area contributed by atoms with E-state index in [1.54, 1.807) is 0 Å². The Hall–Kier alpha value is -0.830. The molecule has 0 spiro atoms. The Morgan fingerprint density at radius 3 is 2.92 bits per heavy atom. The first-order chi connectivity index (χ1) is 6.33.